The fourth-order valence-electron chi connectivity index (χ4n) is 5.39. The van der Waals surface area contributed by atoms with E-state index in [0.29, 0.717) is 11.8 Å². The highest BCUT2D eigenvalue weighted by Crippen LogP contribution is 2.43. The topological polar surface area (TPSA) is 47.5 Å². The van der Waals surface area contributed by atoms with Crippen molar-refractivity contribution < 1.29 is 9.16 Å². The second-order valence-corrected chi connectivity index (χ2v) is 18.0. The molecule has 0 amide bonds. The number of hydrogen-bond acceptors (Lipinski definition) is 5. The van der Waals surface area contributed by atoms with Crippen LogP contribution >= 0.6 is 11.6 Å². The number of nitrogens with zero attached hydrogens (tertiary/aromatic N) is 3. The first-order chi connectivity index (χ1) is 18.6. The maximum atomic E-state index is 7.16. The van der Waals surface area contributed by atoms with E-state index in [2.05, 4.69) is 69.1 Å². The van der Waals surface area contributed by atoms with Gasteiger partial charge in [-0.05, 0) is 85.8 Å². The van der Waals surface area contributed by atoms with Crippen LogP contribution < -0.4 is 9.64 Å². The third-order valence-electron chi connectivity index (χ3n) is 9.05. The lowest BCUT2D eigenvalue weighted by molar-refractivity contribution is 0.282. The summed E-state index contributed by atoms with van der Waals surface area (Å²) in [6.45, 7) is 14.1. The van der Waals surface area contributed by atoms with Gasteiger partial charge in [0, 0.05) is 25.6 Å². The van der Waals surface area contributed by atoms with E-state index in [4.69, 9.17) is 30.7 Å². The van der Waals surface area contributed by atoms with Crippen LogP contribution in [-0.2, 0) is 10.8 Å². The van der Waals surface area contributed by atoms with Crippen molar-refractivity contribution in [2.45, 2.75) is 89.3 Å². The molecular formula is C32H44ClN3O2Si. The van der Waals surface area contributed by atoms with Crippen molar-refractivity contribution in [1.29, 1.82) is 0 Å². The van der Waals surface area contributed by atoms with Gasteiger partial charge >= 0.3 is 0 Å². The smallest absolute Gasteiger partial charge is 0.191 e. The minimum atomic E-state index is -1.75. The van der Waals surface area contributed by atoms with Gasteiger partial charge in [-0.3, -0.25) is 0 Å². The number of halogens is 1. The Kier molecular flexibility index (Phi) is 8.28. The molecule has 2 aromatic carbocycles. The molecule has 3 aromatic rings. The number of ether oxygens (including phenoxy) is 1. The summed E-state index contributed by atoms with van der Waals surface area (Å²) in [4.78, 5) is 12.6. The Balaban J connectivity index is 1.36. The molecule has 0 bridgehead atoms. The maximum absolute atomic E-state index is 7.16. The zero-order chi connectivity index (χ0) is 27.8. The van der Waals surface area contributed by atoms with E-state index in [9.17, 15) is 0 Å². The molecule has 210 valence electrons. The highest BCUT2D eigenvalue weighted by molar-refractivity contribution is 6.74. The first-order valence-electron chi connectivity index (χ1n) is 14.6. The number of aryl methyl sites for hydroxylation is 1. The van der Waals surface area contributed by atoms with E-state index in [-0.39, 0.29) is 5.04 Å². The number of fused-ring (bicyclic) bond motifs is 1. The highest BCUT2D eigenvalue weighted by atomic mass is 35.5. The molecule has 1 aliphatic carbocycles. The lowest BCUT2D eigenvalue weighted by Gasteiger charge is -2.36. The van der Waals surface area contributed by atoms with Crippen molar-refractivity contribution in [3.05, 3.63) is 58.4 Å². The summed E-state index contributed by atoms with van der Waals surface area (Å²) >= 11 is 7.16. The summed E-state index contributed by atoms with van der Waals surface area (Å²) in [6.07, 6.45) is 6.34. The van der Waals surface area contributed by atoms with Crippen LogP contribution in [0.25, 0.3) is 10.9 Å². The fourth-order valence-corrected chi connectivity index (χ4v) is 6.81. The van der Waals surface area contributed by atoms with Gasteiger partial charge in [-0.15, -0.1) is 0 Å². The van der Waals surface area contributed by atoms with Gasteiger partial charge in [0.05, 0.1) is 23.0 Å². The zero-order valence-corrected chi connectivity index (χ0v) is 26.3. The third-order valence-corrected chi connectivity index (χ3v) is 14.0. The Morgan fingerprint density at radius 2 is 1.69 bits per heavy atom. The Labute approximate surface area is 240 Å². The molecule has 1 saturated carbocycles. The van der Waals surface area contributed by atoms with Crippen molar-refractivity contribution in [3.63, 3.8) is 0 Å². The number of benzene rings is 2. The molecule has 5 rings (SSSR count). The second-order valence-electron chi connectivity index (χ2n) is 12.8. The number of aromatic nitrogens is 2. The molecule has 7 heteroatoms. The normalized spacial score (nSPS) is 17.2. The molecule has 39 heavy (non-hydrogen) atoms. The lowest BCUT2D eigenvalue weighted by atomic mass is 9.88. The SMILES string of the molecule is COc1ccccc1C1CCN(c2nc(C3CC3)nc3ccc(CCCO[Si](C)(C)C(C)(C)C)c(Cl)c23)CC1. The van der Waals surface area contributed by atoms with Crippen molar-refractivity contribution in [1.82, 2.24) is 9.97 Å². The van der Waals surface area contributed by atoms with Crippen LogP contribution in [0.2, 0.25) is 23.2 Å². The number of hydrogen-bond donors (Lipinski definition) is 0. The van der Waals surface area contributed by atoms with Crippen molar-refractivity contribution in [3.8, 4) is 5.75 Å². The van der Waals surface area contributed by atoms with Gasteiger partial charge in [0.15, 0.2) is 8.32 Å². The van der Waals surface area contributed by atoms with E-state index >= 15 is 0 Å². The minimum absolute atomic E-state index is 0.220. The quantitative estimate of drug-likeness (QED) is 0.192. The van der Waals surface area contributed by atoms with Crippen molar-refractivity contribution in [2.75, 3.05) is 31.7 Å². The highest BCUT2D eigenvalue weighted by Gasteiger charge is 2.37. The van der Waals surface area contributed by atoms with Crippen LogP contribution in [0.3, 0.4) is 0 Å². The van der Waals surface area contributed by atoms with Crippen LogP contribution in [0.15, 0.2) is 36.4 Å². The number of rotatable bonds is 9. The summed E-state index contributed by atoms with van der Waals surface area (Å²) in [6, 6.07) is 12.8. The van der Waals surface area contributed by atoms with Gasteiger partial charge in [-0.2, -0.15) is 0 Å². The molecule has 2 aliphatic rings. The molecule has 0 radical (unpaired) electrons. The Morgan fingerprint density at radius 1 is 0.974 bits per heavy atom. The molecule has 2 fully saturated rings. The molecule has 1 aliphatic heterocycles. The van der Waals surface area contributed by atoms with E-state index in [0.717, 1.165) is 84.3 Å². The maximum Gasteiger partial charge on any atom is 0.191 e. The summed E-state index contributed by atoms with van der Waals surface area (Å²) in [7, 11) is 0.0163. The summed E-state index contributed by atoms with van der Waals surface area (Å²) in [5.74, 6) is 3.97. The minimum Gasteiger partial charge on any atom is -0.496 e. The summed E-state index contributed by atoms with van der Waals surface area (Å²) in [5, 5.41) is 2.04. The van der Waals surface area contributed by atoms with Crippen LogP contribution in [0.4, 0.5) is 5.82 Å². The van der Waals surface area contributed by atoms with Gasteiger partial charge in [0.2, 0.25) is 0 Å². The molecule has 0 atom stereocenters. The zero-order valence-electron chi connectivity index (χ0n) is 24.5. The number of para-hydroxylation sites is 1. The van der Waals surface area contributed by atoms with E-state index in [1.54, 1.807) is 7.11 Å². The molecule has 0 spiro atoms. The molecule has 1 aromatic heterocycles. The Bertz CT molecular complexity index is 1310. The standard InChI is InChI=1S/C32H44ClN3O2Si/c1-32(2,3)39(5,6)38-21-9-10-23-15-16-26-28(29(23)33)31(35-30(34-26)24-13-14-24)36-19-17-22(18-20-36)25-11-7-8-12-27(25)37-4/h7-8,11-12,15-16,22,24H,9-10,13-14,17-21H2,1-6H3. The lowest BCUT2D eigenvalue weighted by Crippen LogP contribution is -2.41. The molecular weight excluding hydrogens is 522 g/mol. The number of anilines is 1. The van der Waals surface area contributed by atoms with E-state index < -0.39 is 8.32 Å². The first-order valence-corrected chi connectivity index (χ1v) is 17.9. The predicted molar refractivity (Wildman–Crippen MR) is 165 cm³/mol. The molecule has 2 heterocycles. The van der Waals surface area contributed by atoms with Gasteiger partial charge in [0.25, 0.3) is 0 Å². The van der Waals surface area contributed by atoms with Gasteiger partial charge in [-0.25, -0.2) is 9.97 Å². The van der Waals surface area contributed by atoms with Crippen LogP contribution in [0.1, 0.15) is 81.7 Å². The predicted octanol–water partition coefficient (Wildman–Crippen LogP) is 8.51. The summed E-state index contributed by atoms with van der Waals surface area (Å²) in [5.41, 5.74) is 3.45. The van der Waals surface area contributed by atoms with Crippen LogP contribution in [0.5, 0.6) is 5.75 Å². The molecule has 0 unspecified atom stereocenters. The average Bonchev–Trinajstić information content (AvgIpc) is 3.77. The monoisotopic (exact) mass is 565 g/mol. The van der Waals surface area contributed by atoms with Gasteiger partial charge in [0.1, 0.15) is 17.4 Å². The second kappa shape index (κ2) is 11.4. The molecule has 5 nitrogen and oxygen atoms in total. The molecule has 0 N–H and O–H groups in total. The fraction of sp³-hybridized carbons (Fsp3) is 0.562. The first kappa shape index (κ1) is 28.4. The van der Waals surface area contributed by atoms with Crippen molar-refractivity contribution >= 4 is 36.6 Å². The average molecular weight is 566 g/mol. The summed E-state index contributed by atoms with van der Waals surface area (Å²) < 4.78 is 12.1. The van der Waals surface area contributed by atoms with E-state index in [1.165, 1.54) is 18.4 Å². The van der Waals surface area contributed by atoms with Crippen molar-refractivity contribution in [2.24, 2.45) is 0 Å². The number of methoxy groups -OCH3 is 1. The molecule has 1 saturated heterocycles. The van der Waals surface area contributed by atoms with E-state index in [1.807, 2.05) is 6.07 Å². The van der Waals surface area contributed by atoms with Gasteiger partial charge < -0.3 is 14.1 Å². The van der Waals surface area contributed by atoms with Crippen LogP contribution in [0, 0.1) is 0 Å². The van der Waals surface area contributed by atoms with Crippen LogP contribution in [-0.4, -0.2) is 45.1 Å². The number of piperidine rings is 1. The Morgan fingerprint density at radius 3 is 2.36 bits per heavy atom. The third kappa shape index (κ3) is 6.13. The van der Waals surface area contributed by atoms with Gasteiger partial charge in [-0.1, -0.05) is 56.6 Å². The Hall–Kier alpha value is -2.15. The largest absolute Gasteiger partial charge is 0.496 e.